The highest BCUT2D eigenvalue weighted by atomic mass is 19.1. The maximum atomic E-state index is 14.0. The number of hydrogen-bond acceptors (Lipinski definition) is 3. The van der Waals surface area contributed by atoms with E-state index in [1.54, 1.807) is 12.1 Å². The number of ether oxygens (including phenoxy) is 2. The minimum atomic E-state index is -0.271. The summed E-state index contributed by atoms with van der Waals surface area (Å²) in [5.74, 6) is 0.463. The van der Waals surface area contributed by atoms with Gasteiger partial charge in [0.2, 0.25) is 5.91 Å². The lowest BCUT2D eigenvalue weighted by Crippen LogP contribution is -2.28. The van der Waals surface area contributed by atoms with Crippen molar-refractivity contribution in [3.8, 4) is 16.9 Å². The highest BCUT2D eigenvalue weighted by Gasteiger charge is 2.23. The fourth-order valence-electron chi connectivity index (χ4n) is 5.05. The summed E-state index contributed by atoms with van der Waals surface area (Å²) in [6, 6.07) is 21.5. The number of aryl methyl sites for hydroxylation is 1. The van der Waals surface area contributed by atoms with Crippen molar-refractivity contribution in [2.45, 2.75) is 84.0 Å². The Bertz CT molecular complexity index is 1170. The number of hydrogen-bond donors (Lipinski definition) is 1. The highest BCUT2D eigenvalue weighted by molar-refractivity contribution is 5.73. The molecule has 0 heterocycles. The number of amides is 1. The largest absolute Gasteiger partial charge is 0.490 e. The Balaban J connectivity index is 1.31. The fourth-order valence-corrected chi connectivity index (χ4v) is 5.05. The molecule has 0 aromatic heterocycles. The summed E-state index contributed by atoms with van der Waals surface area (Å²) in [4.78, 5) is 11.3. The zero-order chi connectivity index (χ0) is 26.7. The molecule has 202 valence electrons. The molecule has 38 heavy (non-hydrogen) atoms. The van der Waals surface area contributed by atoms with Crippen LogP contribution < -0.4 is 10.1 Å². The third-order valence-electron chi connectivity index (χ3n) is 7.24. The molecule has 1 aliphatic carbocycles. The van der Waals surface area contributed by atoms with Crippen LogP contribution in [0.2, 0.25) is 0 Å². The number of benzene rings is 3. The number of halogens is 1. The molecule has 4 nitrogen and oxygen atoms in total. The first-order valence-corrected chi connectivity index (χ1v) is 14.0. The van der Waals surface area contributed by atoms with Crippen LogP contribution in [0.15, 0.2) is 66.7 Å². The first-order chi connectivity index (χ1) is 18.5. The molecule has 1 fully saturated rings. The van der Waals surface area contributed by atoms with Gasteiger partial charge in [-0.1, -0.05) is 55.8 Å². The summed E-state index contributed by atoms with van der Waals surface area (Å²) in [5, 5.41) is 2.84. The first-order valence-electron chi connectivity index (χ1n) is 14.0. The molecule has 3 aromatic carbocycles. The average Bonchev–Trinajstić information content (AvgIpc) is 2.92. The molecule has 5 heteroatoms. The summed E-state index contributed by atoms with van der Waals surface area (Å²) < 4.78 is 26.6. The lowest BCUT2D eigenvalue weighted by atomic mass is 9.94. The Kier molecular flexibility index (Phi) is 10.3. The second-order valence-corrected chi connectivity index (χ2v) is 10.3. The van der Waals surface area contributed by atoms with Gasteiger partial charge < -0.3 is 14.8 Å². The third kappa shape index (κ3) is 8.42. The van der Waals surface area contributed by atoms with Crippen LogP contribution in [0.4, 0.5) is 4.39 Å². The minimum absolute atomic E-state index is 0.0582. The van der Waals surface area contributed by atoms with Crippen molar-refractivity contribution in [2.24, 2.45) is 0 Å². The molecule has 0 unspecified atom stereocenters. The van der Waals surface area contributed by atoms with Crippen LogP contribution in [0.1, 0.15) is 69.1 Å². The van der Waals surface area contributed by atoms with E-state index < -0.39 is 0 Å². The Morgan fingerprint density at radius 3 is 2.37 bits per heavy atom. The van der Waals surface area contributed by atoms with Crippen molar-refractivity contribution in [2.75, 3.05) is 6.54 Å². The molecule has 0 aliphatic heterocycles. The van der Waals surface area contributed by atoms with Crippen LogP contribution in [-0.2, 0) is 29.0 Å². The molecule has 1 aliphatic rings. The van der Waals surface area contributed by atoms with E-state index in [2.05, 4.69) is 36.5 Å². The molecule has 0 spiro atoms. The topological polar surface area (TPSA) is 47.6 Å². The van der Waals surface area contributed by atoms with Gasteiger partial charge in [-0.15, -0.1) is 0 Å². The Labute approximate surface area is 226 Å². The van der Waals surface area contributed by atoms with Gasteiger partial charge in [-0.3, -0.25) is 4.79 Å². The Hall–Kier alpha value is -3.18. The van der Waals surface area contributed by atoms with Crippen molar-refractivity contribution in [1.82, 2.24) is 5.32 Å². The van der Waals surface area contributed by atoms with E-state index >= 15 is 0 Å². The number of nitrogens with one attached hydrogen (secondary N) is 1. The molecule has 1 N–H and O–H groups in total. The van der Waals surface area contributed by atoms with E-state index in [0.29, 0.717) is 19.6 Å². The van der Waals surface area contributed by atoms with Gasteiger partial charge in [-0.25, -0.2) is 4.39 Å². The predicted octanol–water partition coefficient (Wildman–Crippen LogP) is 7.42. The highest BCUT2D eigenvalue weighted by Crippen LogP contribution is 2.32. The molecule has 0 radical (unpaired) electrons. The number of unbranched alkanes of at least 4 members (excludes halogenated alkanes) is 1. The molecule has 1 amide bonds. The first kappa shape index (κ1) is 27.8. The van der Waals surface area contributed by atoms with Crippen molar-refractivity contribution in [1.29, 1.82) is 0 Å². The lowest BCUT2D eigenvalue weighted by molar-refractivity contribution is -0.118. The second-order valence-electron chi connectivity index (χ2n) is 10.3. The van der Waals surface area contributed by atoms with Crippen molar-refractivity contribution >= 4 is 5.91 Å². The maximum absolute atomic E-state index is 14.0. The normalized spacial score (nSPS) is 17.2. The number of rotatable bonds is 12. The van der Waals surface area contributed by atoms with Crippen LogP contribution in [0, 0.1) is 5.82 Å². The molecule has 0 saturated heterocycles. The SMILES string of the molecule is CCCCc1ccc(COC2CCC(Oc3ccc(CCNC(C)=O)c(-c4cccc(F)c4)c3)CC2)cc1. The van der Waals surface area contributed by atoms with Crippen molar-refractivity contribution in [3.05, 3.63) is 89.2 Å². The second kappa shape index (κ2) is 14.1. The van der Waals surface area contributed by atoms with E-state index in [-0.39, 0.29) is 23.9 Å². The summed E-state index contributed by atoms with van der Waals surface area (Å²) in [6.07, 6.45) is 8.50. The quantitative estimate of drug-likeness (QED) is 0.272. The van der Waals surface area contributed by atoms with Gasteiger partial charge >= 0.3 is 0 Å². The zero-order valence-corrected chi connectivity index (χ0v) is 22.7. The molecule has 3 aromatic rings. The lowest BCUT2D eigenvalue weighted by Gasteiger charge is -2.29. The van der Waals surface area contributed by atoms with E-state index in [4.69, 9.17) is 9.47 Å². The van der Waals surface area contributed by atoms with E-state index in [0.717, 1.165) is 54.5 Å². The third-order valence-corrected chi connectivity index (χ3v) is 7.24. The van der Waals surface area contributed by atoms with E-state index in [9.17, 15) is 9.18 Å². The molecule has 1 saturated carbocycles. The number of carbonyl (C=O) groups is 1. The number of carbonyl (C=O) groups excluding carboxylic acids is 1. The monoisotopic (exact) mass is 517 g/mol. The fraction of sp³-hybridized carbons (Fsp3) is 0.424. The zero-order valence-electron chi connectivity index (χ0n) is 22.7. The Morgan fingerprint density at radius 2 is 1.66 bits per heavy atom. The van der Waals surface area contributed by atoms with Gasteiger partial charge in [0.15, 0.2) is 0 Å². The van der Waals surface area contributed by atoms with Crippen LogP contribution in [0.5, 0.6) is 5.75 Å². The molecular formula is C33H40FNO3. The van der Waals surface area contributed by atoms with Gasteiger partial charge in [0.25, 0.3) is 0 Å². The van der Waals surface area contributed by atoms with Gasteiger partial charge in [-0.05, 0) is 97.0 Å². The summed E-state index contributed by atoms with van der Waals surface area (Å²) >= 11 is 0. The average molecular weight is 518 g/mol. The summed E-state index contributed by atoms with van der Waals surface area (Å²) in [7, 11) is 0. The van der Waals surface area contributed by atoms with Crippen LogP contribution >= 0.6 is 0 Å². The van der Waals surface area contributed by atoms with Gasteiger partial charge in [0.1, 0.15) is 11.6 Å². The molecular weight excluding hydrogens is 477 g/mol. The van der Waals surface area contributed by atoms with Crippen molar-refractivity contribution < 1.29 is 18.7 Å². The maximum Gasteiger partial charge on any atom is 0.216 e. The van der Waals surface area contributed by atoms with Crippen LogP contribution in [-0.4, -0.2) is 24.7 Å². The van der Waals surface area contributed by atoms with E-state index in [1.807, 2.05) is 24.3 Å². The van der Waals surface area contributed by atoms with E-state index in [1.165, 1.54) is 37.0 Å². The van der Waals surface area contributed by atoms with Gasteiger partial charge in [0, 0.05) is 13.5 Å². The summed E-state index contributed by atoms with van der Waals surface area (Å²) in [6.45, 7) is 4.92. The molecule has 0 atom stereocenters. The Morgan fingerprint density at radius 1 is 0.921 bits per heavy atom. The van der Waals surface area contributed by atoms with Crippen LogP contribution in [0.3, 0.4) is 0 Å². The van der Waals surface area contributed by atoms with Crippen molar-refractivity contribution in [3.63, 3.8) is 0 Å². The molecule has 0 bridgehead atoms. The predicted molar refractivity (Wildman–Crippen MR) is 151 cm³/mol. The standard InChI is InChI=1S/C33H40FNO3/c1-3-4-6-25-9-11-26(12-10-25)23-37-30-15-17-31(18-16-30)38-32-14-13-27(19-20-35-24(2)36)33(22-32)28-7-5-8-29(34)21-28/h5,7-14,21-22,30-31H,3-4,6,15-20,23H2,1-2H3,(H,35,36). The smallest absolute Gasteiger partial charge is 0.216 e. The van der Waals surface area contributed by atoms with Gasteiger partial charge in [-0.2, -0.15) is 0 Å². The molecule has 4 rings (SSSR count). The summed E-state index contributed by atoms with van der Waals surface area (Å²) in [5.41, 5.74) is 5.42. The van der Waals surface area contributed by atoms with Crippen LogP contribution in [0.25, 0.3) is 11.1 Å². The minimum Gasteiger partial charge on any atom is -0.490 e. The van der Waals surface area contributed by atoms with Gasteiger partial charge in [0.05, 0.1) is 18.8 Å².